The number of nitriles is 1. The van der Waals surface area contributed by atoms with Crippen molar-refractivity contribution in [2.24, 2.45) is 0 Å². The molecule has 0 N–H and O–H groups in total. The molecule has 0 unspecified atom stereocenters. The third kappa shape index (κ3) is 2.08. The zero-order valence-electron chi connectivity index (χ0n) is 7.88. The van der Waals surface area contributed by atoms with Crippen LogP contribution in [0.3, 0.4) is 0 Å². The van der Waals surface area contributed by atoms with E-state index < -0.39 is 11.8 Å². The highest BCUT2D eigenvalue weighted by Gasteiger charge is 2.19. The van der Waals surface area contributed by atoms with Gasteiger partial charge in [-0.3, -0.25) is 0 Å². The zero-order valence-corrected chi connectivity index (χ0v) is 8.64. The molecule has 78 valence electrons. The van der Waals surface area contributed by atoms with E-state index in [1.807, 2.05) is 6.07 Å². The third-order valence-corrected chi connectivity index (χ3v) is 2.17. The van der Waals surface area contributed by atoms with Gasteiger partial charge in [0.15, 0.2) is 0 Å². The number of methoxy groups -OCH3 is 1. The summed E-state index contributed by atoms with van der Waals surface area (Å²) in [4.78, 5) is 11.3. The topological polar surface area (TPSA) is 50.1 Å². The molecule has 5 heteroatoms. The van der Waals surface area contributed by atoms with E-state index in [4.69, 9.17) is 16.9 Å². The number of carbonyl (C=O) groups is 1. The van der Waals surface area contributed by atoms with E-state index in [1.54, 1.807) is 0 Å². The molecule has 0 fully saturated rings. The van der Waals surface area contributed by atoms with E-state index in [2.05, 4.69) is 4.74 Å². The lowest BCUT2D eigenvalue weighted by atomic mass is 10.0. The van der Waals surface area contributed by atoms with Gasteiger partial charge >= 0.3 is 5.97 Å². The molecule has 0 bridgehead atoms. The Morgan fingerprint density at radius 3 is 2.80 bits per heavy atom. The van der Waals surface area contributed by atoms with E-state index in [9.17, 15) is 9.18 Å². The molecule has 1 rings (SSSR count). The van der Waals surface area contributed by atoms with Crippen molar-refractivity contribution >= 4 is 17.6 Å². The summed E-state index contributed by atoms with van der Waals surface area (Å²) in [6.45, 7) is 0. The maximum atomic E-state index is 13.3. The first kappa shape index (κ1) is 11.5. The molecule has 0 aliphatic heterocycles. The number of rotatable bonds is 2. The summed E-state index contributed by atoms with van der Waals surface area (Å²) in [6, 6.07) is 4.15. The lowest BCUT2D eigenvalue weighted by Gasteiger charge is -2.07. The number of hydrogen-bond acceptors (Lipinski definition) is 3. The molecule has 1 aromatic carbocycles. The van der Waals surface area contributed by atoms with Crippen LogP contribution in [-0.2, 0) is 10.6 Å². The minimum absolute atomic E-state index is 0.120. The molecule has 0 atom stereocenters. The molecular formula is C10H7ClFNO2. The molecule has 1 aromatic rings. The number of alkyl halides is 1. The van der Waals surface area contributed by atoms with E-state index in [1.165, 1.54) is 6.07 Å². The minimum Gasteiger partial charge on any atom is -0.465 e. The normalized spacial score (nSPS) is 9.47. The number of benzene rings is 1. The van der Waals surface area contributed by atoms with Crippen molar-refractivity contribution in [3.8, 4) is 6.07 Å². The number of ether oxygens (including phenoxy) is 1. The van der Waals surface area contributed by atoms with E-state index in [-0.39, 0.29) is 22.6 Å². The molecule has 0 heterocycles. The Bertz CT molecular complexity index is 440. The molecule has 0 amide bonds. The fourth-order valence-electron chi connectivity index (χ4n) is 1.19. The van der Waals surface area contributed by atoms with Crippen molar-refractivity contribution in [2.75, 3.05) is 7.11 Å². The highest BCUT2D eigenvalue weighted by molar-refractivity contribution is 6.18. The molecule has 0 saturated heterocycles. The highest BCUT2D eigenvalue weighted by atomic mass is 35.5. The van der Waals surface area contributed by atoms with Crippen molar-refractivity contribution in [1.29, 1.82) is 5.26 Å². The molecule has 0 radical (unpaired) electrons. The Labute approximate surface area is 91.0 Å². The van der Waals surface area contributed by atoms with Crippen LogP contribution in [0.15, 0.2) is 12.1 Å². The summed E-state index contributed by atoms with van der Waals surface area (Å²) >= 11 is 5.56. The Balaban J connectivity index is 3.47. The molecule has 0 aromatic heterocycles. The largest absolute Gasteiger partial charge is 0.465 e. The Kier molecular flexibility index (Phi) is 3.64. The first-order valence-electron chi connectivity index (χ1n) is 4.01. The van der Waals surface area contributed by atoms with Crippen LogP contribution < -0.4 is 0 Å². The van der Waals surface area contributed by atoms with Gasteiger partial charge in [-0.05, 0) is 12.1 Å². The number of carbonyl (C=O) groups excluding carboxylic acids is 1. The summed E-state index contributed by atoms with van der Waals surface area (Å²) in [6.07, 6.45) is 0. The Morgan fingerprint density at radius 2 is 2.33 bits per heavy atom. The molecule has 3 nitrogen and oxygen atoms in total. The van der Waals surface area contributed by atoms with Crippen LogP contribution in [0.4, 0.5) is 4.39 Å². The minimum atomic E-state index is -0.833. The van der Waals surface area contributed by atoms with Crippen LogP contribution >= 0.6 is 11.6 Å². The van der Waals surface area contributed by atoms with Crippen molar-refractivity contribution in [2.45, 2.75) is 5.88 Å². The van der Waals surface area contributed by atoms with E-state index in [0.29, 0.717) is 0 Å². The van der Waals surface area contributed by atoms with Crippen molar-refractivity contribution in [3.05, 3.63) is 34.6 Å². The third-order valence-electron chi connectivity index (χ3n) is 1.91. The number of halogens is 2. The number of hydrogen-bond donors (Lipinski definition) is 0. The summed E-state index contributed by atoms with van der Waals surface area (Å²) in [5, 5.41) is 8.74. The standard InChI is InChI=1S/C10H7ClFNO2/c1-15-10(14)9-7(4-11)6(5-13)2-3-8(9)12/h2-3H,4H2,1H3. The van der Waals surface area contributed by atoms with Gasteiger partial charge in [0.25, 0.3) is 0 Å². The van der Waals surface area contributed by atoms with Gasteiger partial charge in [0.1, 0.15) is 11.4 Å². The SMILES string of the molecule is COC(=O)c1c(F)ccc(C#N)c1CCl. The molecule has 0 aliphatic carbocycles. The smallest absolute Gasteiger partial charge is 0.341 e. The van der Waals surface area contributed by atoms with Gasteiger partial charge in [-0.1, -0.05) is 0 Å². The number of esters is 1. The van der Waals surface area contributed by atoms with Crippen LogP contribution in [-0.4, -0.2) is 13.1 Å². The van der Waals surface area contributed by atoms with Gasteiger partial charge in [0.05, 0.1) is 18.7 Å². The molecule has 0 aliphatic rings. The molecule has 0 saturated carbocycles. The van der Waals surface area contributed by atoms with Crippen LogP contribution in [0.1, 0.15) is 21.5 Å². The molecular weight excluding hydrogens is 221 g/mol. The second-order valence-electron chi connectivity index (χ2n) is 2.69. The van der Waals surface area contributed by atoms with Crippen molar-refractivity contribution in [3.63, 3.8) is 0 Å². The Hall–Kier alpha value is -1.60. The fourth-order valence-corrected chi connectivity index (χ4v) is 1.46. The van der Waals surface area contributed by atoms with Gasteiger partial charge in [-0.15, -0.1) is 11.6 Å². The predicted molar refractivity (Wildman–Crippen MR) is 52.0 cm³/mol. The van der Waals surface area contributed by atoms with Gasteiger partial charge in [0.2, 0.25) is 0 Å². The lowest BCUT2D eigenvalue weighted by Crippen LogP contribution is -2.09. The van der Waals surface area contributed by atoms with Crippen LogP contribution in [0, 0.1) is 17.1 Å². The van der Waals surface area contributed by atoms with Gasteiger partial charge in [-0.25, -0.2) is 9.18 Å². The second kappa shape index (κ2) is 4.76. The summed E-state index contributed by atoms with van der Waals surface area (Å²) in [7, 11) is 1.14. The number of nitrogens with zero attached hydrogens (tertiary/aromatic N) is 1. The van der Waals surface area contributed by atoms with Crippen molar-refractivity contribution < 1.29 is 13.9 Å². The highest BCUT2D eigenvalue weighted by Crippen LogP contribution is 2.20. The summed E-state index contributed by atoms with van der Waals surface area (Å²) < 4.78 is 17.7. The first-order chi connectivity index (χ1) is 7.15. The van der Waals surface area contributed by atoms with E-state index in [0.717, 1.165) is 13.2 Å². The molecule has 0 spiro atoms. The maximum absolute atomic E-state index is 13.3. The van der Waals surface area contributed by atoms with Gasteiger partial charge < -0.3 is 4.74 Å². The second-order valence-corrected chi connectivity index (χ2v) is 2.95. The average Bonchev–Trinajstić information content (AvgIpc) is 2.27. The average molecular weight is 228 g/mol. The lowest BCUT2D eigenvalue weighted by molar-refractivity contribution is 0.0594. The summed E-state index contributed by atoms with van der Waals surface area (Å²) in [5.41, 5.74) is 0.0596. The fraction of sp³-hybridized carbons (Fsp3) is 0.200. The first-order valence-corrected chi connectivity index (χ1v) is 4.55. The summed E-state index contributed by atoms with van der Waals surface area (Å²) in [5.74, 6) is -1.69. The van der Waals surface area contributed by atoms with Crippen molar-refractivity contribution in [1.82, 2.24) is 0 Å². The monoisotopic (exact) mass is 227 g/mol. The quantitative estimate of drug-likeness (QED) is 0.575. The van der Waals surface area contributed by atoms with Gasteiger partial charge in [0, 0.05) is 11.4 Å². The van der Waals surface area contributed by atoms with Crippen LogP contribution in [0.5, 0.6) is 0 Å². The van der Waals surface area contributed by atoms with Crippen LogP contribution in [0.2, 0.25) is 0 Å². The zero-order chi connectivity index (χ0) is 11.4. The van der Waals surface area contributed by atoms with E-state index >= 15 is 0 Å². The van der Waals surface area contributed by atoms with Crippen LogP contribution in [0.25, 0.3) is 0 Å². The van der Waals surface area contributed by atoms with Gasteiger partial charge in [-0.2, -0.15) is 5.26 Å². The maximum Gasteiger partial charge on any atom is 0.341 e. The Morgan fingerprint density at radius 1 is 1.67 bits per heavy atom. The predicted octanol–water partition coefficient (Wildman–Crippen LogP) is 2.22. The molecule has 15 heavy (non-hydrogen) atoms.